The first-order valence-corrected chi connectivity index (χ1v) is 7.76. The molecule has 0 fully saturated rings. The van der Waals surface area contributed by atoms with Gasteiger partial charge in [-0.2, -0.15) is 13.2 Å². The maximum absolute atomic E-state index is 13.7. The quantitative estimate of drug-likeness (QED) is 0.650. The number of rotatable bonds is 3. The summed E-state index contributed by atoms with van der Waals surface area (Å²) < 4.78 is 104. The van der Waals surface area contributed by atoms with E-state index >= 15 is 0 Å². The van der Waals surface area contributed by atoms with Crippen molar-refractivity contribution < 1.29 is 34.8 Å². The third-order valence-corrected chi connectivity index (χ3v) is 4.40. The minimum Gasteiger partial charge on any atom is -0.276 e. The minimum atomic E-state index is -5.47. The molecule has 0 heterocycles. The summed E-state index contributed by atoms with van der Waals surface area (Å²) in [6, 6.07) is 5.06. The molecule has 24 heavy (non-hydrogen) atoms. The zero-order chi connectivity index (χ0) is 18.3. The van der Waals surface area contributed by atoms with Gasteiger partial charge in [0.15, 0.2) is 11.6 Å². The van der Waals surface area contributed by atoms with Crippen molar-refractivity contribution in [3.05, 3.63) is 58.9 Å². The van der Waals surface area contributed by atoms with Crippen molar-refractivity contribution in [2.24, 2.45) is 0 Å². The lowest BCUT2D eigenvalue weighted by atomic mass is 10.1. The molecule has 0 saturated heterocycles. The summed E-state index contributed by atoms with van der Waals surface area (Å²) in [6.45, 7) is 1.67. The summed E-state index contributed by atoms with van der Waals surface area (Å²) in [6.07, 6.45) is -5.47. The molecule has 130 valence electrons. The normalized spacial score (nSPS) is 12.3. The van der Waals surface area contributed by atoms with E-state index in [-0.39, 0.29) is 11.0 Å². The molecule has 0 aliphatic rings. The fraction of sp³-hybridized carbons (Fsp3) is 0.143. The standard InChI is InChI=1S/C14H9F6NO2S/c1-7-2-4-8(5-3-7)24(22,23)21-10-6-9(15)11(14(18,19)20)13(17)12(10)16/h2-6,21H,1H3. The lowest BCUT2D eigenvalue weighted by Crippen LogP contribution is -2.18. The van der Waals surface area contributed by atoms with Crippen molar-refractivity contribution in [2.45, 2.75) is 18.0 Å². The summed E-state index contributed by atoms with van der Waals surface area (Å²) in [5.41, 5.74) is -2.98. The van der Waals surface area contributed by atoms with Crippen molar-refractivity contribution >= 4 is 15.7 Å². The number of aryl methyl sites for hydroxylation is 1. The average molecular weight is 369 g/mol. The molecule has 1 N–H and O–H groups in total. The number of hydrogen-bond acceptors (Lipinski definition) is 2. The van der Waals surface area contributed by atoms with Crippen LogP contribution in [0.2, 0.25) is 0 Å². The molecule has 0 spiro atoms. The van der Waals surface area contributed by atoms with Crippen LogP contribution in [0.25, 0.3) is 0 Å². The van der Waals surface area contributed by atoms with Gasteiger partial charge >= 0.3 is 6.18 Å². The summed E-state index contributed by atoms with van der Waals surface area (Å²) in [5, 5.41) is 0. The topological polar surface area (TPSA) is 46.2 Å². The van der Waals surface area contributed by atoms with E-state index in [1.54, 1.807) is 6.92 Å². The fourth-order valence-corrected chi connectivity index (χ4v) is 2.90. The highest BCUT2D eigenvalue weighted by molar-refractivity contribution is 7.92. The molecule has 0 bridgehead atoms. The molecule has 2 aromatic rings. The van der Waals surface area contributed by atoms with Gasteiger partial charge in [-0.05, 0) is 19.1 Å². The van der Waals surface area contributed by atoms with E-state index in [1.165, 1.54) is 16.9 Å². The van der Waals surface area contributed by atoms with Gasteiger partial charge in [-0.3, -0.25) is 4.72 Å². The van der Waals surface area contributed by atoms with Crippen LogP contribution >= 0.6 is 0 Å². The van der Waals surface area contributed by atoms with Gasteiger partial charge in [-0.15, -0.1) is 0 Å². The predicted molar refractivity (Wildman–Crippen MR) is 73.3 cm³/mol. The van der Waals surface area contributed by atoms with Gasteiger partial charge < -0.3 is 0 Å². The maximum atomic E-state index is 13.7. The Bertz CT molecular complexity index is 876. The molecular weight excluding hydrogens is 360 g/mol. The third-order valence-electron chi connectivity index (χ3n) is 3.02. The Kier molecular flexibility index (Phi) is 4.53. The van der Waals surface area contributed by atoms with Gasteiger partial charge in [-0.1, -0.05) is 17.7 Å². The first-order chi connectivity index (χ1) is 10.9. The predicted octanol–water partition coefficient (Wildman–Crippen LogP) is 4.23. The molecule has 0 saturated carbocycles. The summed E-state index contributed by atoms with van der Waals surface area (Å²) >= 11 is 0. The first kappa shape index (κ1) is 18.1. The number of alkyl halides is 3. The van der Waals surface area contributed by atoms with Gasteiger partial charge in [0, 0.05) is 6.07 Å². The van der Waals surface area contributed by atoms with Gasteiger partial charge in [0.1, 0.15) is 11.4 Å². The lowest BCUT2D eigenvalue weighted by Gasteiger charge is -2.14. The highest BCUT2D eigenvalue weighted by atomic mass is 32.2. The van der Waals surface area contributed by atoms with Crippen LogP contribution in [0.15, 0.2) is 35.2 Å². The van der Waals surface area contributed by atoms with Gasteiger partial charge in [0.25, 0.3) is 10.0 Å². The fourth-order valence-electron chi connectivity index (χ4n) is 1.85. The van der Waals surface area contributed by atoms with Crippen molar-refractivity contribution in [2.75, 3.05) is 4.72 Å². The Hall–Kier alpha value is -2.23. The van der Waals surface area contributed by atoms with Gasteiger partial charge in [0.2, 0.25) is 0 Å². The minimum absolute atomic E-state index is 0.0625. The number of anilines is 1. The number of sulfonamides is 1. The smallest absolute Gasteiger partial charge is 0.276 e. The van der Waals surface area contributed by atoms with Crippen molar-refractivity contribution in [3.8, 4) is 0 Å². The molecule has 0 amide bonds. The Morgan fingerprint density at radius 1 is 0.958 bits per heavy atom. The van der Waals surface area contributed by atoms with Crippen LogP contribution in [0.4, 0.5) is 32.0 Å². The number of benzene rings is 2. The largest absolute Gasteiger partial charge is 0.422 e. The van der Waals surface area contributed by atoms with Gasteiger partial charge in [0.05, 0.1) is 10.6 Å². The summed E-state index contributed by atoms with van der Waals surface area (Å²) in [7, 11) is -4.44. The van der Waals surface area contributed by atoms with Crippen LogP contribution in [0.1, 0.15) is 11.1 Å². The highest BCUT2D eigenvalue weighted by Crippen LogP contribution is 2.37. The third kappa shape index (κ3) is 3.48. The maximum Gasteiger partial charge on any atom is 0.422 e. The van der Waals surface area contributed by atoms with Crippen LogP contribution in [0.3, 0.4) is 0 Å². The van der Waals surface area contributed by atoms with Crippen molar-refractivity contribution in [3.63, 3.8) is 0 Å². The first-order valence-electron chi connectivity index (χ1n) is 6.27. The van der Waals surface area contributed by atoms with E-state index in [9.17, 15) is 34.8 Å². The molecule has 10 heteroatoms. The Labute approximate surface area is 133 Å². The molecule has 0 aliphatic carbocycles. The van der Waals surface area contributed by atoms with E-state index in [0.29, 0.717) is 5.56 Å². The van der Waals surface area contributed by atoms with E-state index < -0.39 is 44.9 Å². The van der Waals surface area contributed by atoms with Crippen LogP contribution < -0.4 is 4.72 Å². The van der Waals surface area contributed by atoms with Crippen LogP contribution in [-0.2, 0) is 16.2 Å². The van der Waals surface area contributed by atoms with Crippen LogP contribution in [0.5, 0.6) is 0 Å². The molecule has 2 rings (SSSR count). The monoisotopic (exact) mass is 369 g/mol. The molecule has 0 aliphatic heterocycles. The second-order valence-corrected chi connectivity index (χ2v) is 6.51. The number of halogens is 6. The van der Waals surface area contributed by atoms with E-state index in [2.05, 4.69) is 0 Å². The number of hydrogen-bond donors (Lipinski definition) is 1. The Morgan fingerprint density at radius 2 is 1.50 bits per heavy atom. The summed E-state index contributed by atoms with van der Waals surface area (Å²) in [5.74, 6) is -6.81. The molecule has 3 nitrogen and oxygen atoms in total. The Morgan fingerprint density at radius 3 is 2.00 bits per heavy atom. The molecule has 0 aromatic heterocycles. The molecule has 0 unspecified atom stereocenters. The summed E-state index contributed by atoms with van der Waals surface area (Å²) in [4.78, 5) is -0.354. The average Bonchev–Trinajstić information content (AvgIpc) is 2.43. The molecule has 0 radical (unpaired) electrons. The number of nitrogens with one attached hydrogen (secondary N) is 1. The molecular formula is C14H9F6NO2S. The van der Waals surface area contributed by atoms with E-state index in [1.807, 2.05) is 0 Å². The molecule has 2 aromatic carbocycles. The van der Waals surface area contributed by atoms with Crippen molar-refractivity contribution in [1.29, 1.82) is 0 Å². The SMILES string of the molecule is Cc1ccc(S(=O)(=O)Nc2cc(F)c(C(F)(F)F)c(F)c2F)cc1. The molecule has 0 atom stereocenters. The zero-order valence-electron chi connectivity index (χ0n) is 11.9. The second-order valence-electron chi connectivity index (χ2n) is 4.83. The van der Waals surface area contributed by atoms with Crippen LogP contribution in [0, 0.1) is 24.4 Å². The Balaban J connectivity index is 2.49. The van der Waals surface area contributed by atoms with Crippen LogP contribution in [-0.4, -0.2) is 8.42 Å². The van der Waals surface area contributed by atoms with E-state index in [4.69, 9.17) is 0 Å². The van der Waals surface area contributed by atoms with E-state index in [0.717, 1.165) is 12.1 Å². The van der Waals surface area contributed by atoms with Crippen molar-refractivity contribution in [1.82, 2.24) is 0 Å². The zero-order valence-corrected chi connectivity index (χ0v) is 12.7. The highest BCUT2D eigenvalue weighted by Gasteiger charge is 2.40. The lowest BCUT2D eigenvalue weighted by molar-refractivity contribution is -0.142. The van der Waals surface area contributed by atoms with Gasteiger partial charge in [-0.25, -0.2) is 21.6 Å². The second kappa shape index (κ2) is 6.00.